The van der Waals surface area contributed by atoms with Crippen LogP contribution in [-0.4, -0.2) is 5.78 Å². The van der Waals surface area contributed by atoms with Crippen LogP contribution in [-0.2, 0) is 4.79 Å². The molecule has 0 N–H and O–H groups in total. The average molecular weight is 168 g/mol. The van der Waals surface area contributed by atoms with E-state index in [4.69, 9.17) is 2.74 Å². The molecule has 0 radical (unpaired) electrons. The fourth-order valence-corrected chi connectivity index (χ4v) is 0.502. The van der Waals surface area contributed by atoms with Crippen molar-refractivity contribution in [3.05, 3.63) is 23.3 Å². The maximum Gasteiger partial charge on any atom is 0.255 e. The number of Topliss-reactive ketones (excluding diaryl/α,β-unsaturated/α-hetero) is 1. The number of hydrogen-bond acceptors (Lipinski definition) is 1. The van der Waals surface area contributed by atoms with Crippen LogP contribution in [0, 0.1) is 0 Å². The molecule has 1 nitrogen and oxygen atoms in total. The maximum absolute atomic E-state index is 12.5. The van der Waals surface area contributed by atoms with Gasteiger partial charge >= 0.3 is 0 Å². The van der Waals surface area contributed by atoms with Crippen molar-refractivity contribution >= 4 is 5.78 Å². The molecule has 11 heavy (non-hydrogen) atoms. The van der Waals surface area contributed by atoms with E-state index in [2.05, 4.69) is 0 Å². The minimum Gasteiger partial charge on any atom is -0.283 e. The quantitative estimate of drug-likeness (QED) is 0.507. The molecule has 0 fully saturated rings. The van der Waals surface area contributed by atoms with Crippen LogP contribution in [0.2, 0.25) is 0 Å². The van der Waals surface area contributed by atoms with Gasteiger partial charge in [-0.2, -0.15) is 8.78 Å². The van der Waals surface area contributed by atoms with Gasteiger partial charge in [0, 0.05) is 2.74 Å². The summed E-state index contributed by atoms with van der Waals surface area (Å²) in [5, 5.41) is 0. The second-order valence-electron chi connectivity index (χ2n) is 1.71. The van der Waals surface area contributed by atoms with Gasteiger partial charge in [0.2, 0.25) is 11.7 Å². The summed E-state index contributed by atoms with van der Waals surface area (Å²) >= 11 is 0. The predicted molar refractivity (Wildman–Crippen MR) is 28.1 cm³/mol. The van der Waals surface area contributed by atoms with Crippen LogP contribution < -0.4 is 0 Å². The number of halogens is 4. The Kier molecular flexibility index (Phi) is 1.24. The summed E-state index contributed by atoms with van der Waals surface area (Å²) in [6.07, 6.45) is -3.53. The zero-order valence-electron chi connectivity index (χ0n) is 6.92. The lowest BCUT2D eigenvalue weighted by molar-refractivity contribution is -0.115. The summed E-state index contributed by atoms with van der Waals surface area (Å²) in [7, 11) is 0. The smallest absolute Gasteiger partial charge is 0.255 e. The van der Waals surface area contributed by atoms with Crippen molar-refractivity contribution in [2.45, 2.75) is 6.37 Å². The monoisotopic (exact) mass is 168 g/mol. The van der Waals surface area contributed by atoms with Crippen molar-refractivity contribution in [3.63, 3.8) is 0 Å². The van der Waals surface area contributed by atoms with Crippen LogP contribution in [0.25, 0.3) is 0 Å². The van der Waals surface area contributed by atoms with Crippen molar-refractivity contribution < 1.29 is 25.1 Å². The molecule has 0 saturated heterocycles. The van der Waals surface area contributed by atoms with Gasteiger partial charge in [0.05, 0.1) is 6.37 Å². The van der Waals surface area contributed by atoms with Gasteiger partial charge in [-0.05, 0) is 0 Å². The van der Waals surface area contributed by atoms with E-state index in [1.165, 1.54) is 0 Å². The molecule has 5 heteroatoms. The van der Waals surface area contributed by atoms with Crippen molar-refractivity contribution in [2.24, 2.45) is 0 Å². The van der Waals surface area contributed by atoms with Crippen molar-refractivity contribution in [3.8, 4) is 0 Å². The summed E-state index contributed by atoms with van der Waals surface area (Å²) in [6, 6.07) is 0. The Morgan fingerprint density at radius 1 is 1.09 bits per heavy atom. The fourth-order valence-electron chi connectivity index (χ4n) is 0.502. The van der Waals surface area contributed by atoms with Gasteiger partial charge in [-0.25, -0.2) is 8.78 Å². The van der Waals surface area contributed by atoms with E-state index in [9.17, 15) is 22.4 Å². The molecule has 0 atom stereocenters. The highest BCUT2D eigenvalue weighted by Gasteiger charge is 2.29. The highest BCUT2D eigenvalue weighted by atomic mass is 19.2. The lowest BCUT2D eigenvalue weighted by Gasteiger charge is -2.04. The molecular weight excluding hydrogens is 164 g/mol. The highest BCUT2D eigenvalue weighted by Crippen LogP contribution is 2.29. The second-order valence-corrected chi connectivity index (χ2v) is 1.71. The van der Waals surface area contributed by atoms with E-state index < -0.39 is 35.5 Å². The van der Waals surface area contributed by atoms with E-state index in [0.717, 1.165) is 0 Å². The fraction of sp³-hybridized carbons (Fsp3) is 0.167. The zero-order chi connectivity index (χ0) is 10.4. The summed E-state index contributed by atoms with van der Waals surface area (Å²) < 4.78 is 62.8. The Balaban J connectivity index is 3.39. The van der Waals surface area contributed by atoms with Gasteiger partial charge in [-0.15, -0.1) is 0 Å². The van der Waals surface area contributed by atoms with Crippen molar-refractivity contribution in [2.75, 3.05) is 0 Å². The molecule has 1 aliphatic rings. The molecule has 0 spiro atoms. The largest absolute Gasteiger partial charge is 0.283 e. The maximum atomic E-state index is 12.5. The first-order valence-electron chi connectivity index (χ1n) is 3.46. The van der Waals surface area contributed by atoms with E-state index in [-0.39, 0.29) is 0 Å². The number of ketones is 1. The SMILES string of the molecule is [2H]C1([2H])C(F)=C(F)C(=O)C(F)=C1F. The van der Waals surface area contributed by atoms with E-state index >= 15 is 0 Å². The van der Waals surface area contributed by atoms with Crippen LogP contribution in [0.1, 0.15) is 9.11 Å². The first-order chi connectivity index (χ1) is 5.80. The number of hydrogen-bond donors (Lipinski definition) is 0. The number of rotatable bonds is 0. The molecule has 60 valence electrons. The third-order valence-corrected chi connectivity index (χ3v) is 1.00. The van der Waals surface area contributed by atoms with Gasteiger partial charge in [0.15, 0.2) is 0 Å². The Labute approximate surface area is 61.8 Å². The van der Waals surface area contributed by atoms with Gasteiger partial charge in [0.25, 0.3) is 5.78 Å². The van der Waals surface area contributed by atoms with Gasteiger partial charge < -0.3 is 0 Å². The van der Waals surface area contributed by atoms with Gasteiger partial charge in [-0.3, -0.25) is 4.79 Å². The van der Waals surface area contributed by atoms with Gasteiger partial charge in [-0.1, -0.05) is 0 Å². The predicted octanol–water partition coefficient (Wildman–Crippen LogP) is 2.26. The first kappa shape index (κ1) is 5.51. The molecule has 0 aromatic heterocycles. The molecule has 0 saturated carbocycles. The van der Waals surface area contributed by atoms with Gasteiger partial charge in [0.1, 0.15) is 11.7 Å². The molecule has 1 aliphatic carbocycles. The lowest BCUT2D eigenvalue weighted by atomic mass is 10.1. The average Bonchev–Trinajstić information content (AvgIpc) is 2.09. The molecule has 0 aliphatic heterocycles. The van der Waals surface area contributed by atoms with E-state index in [1.807, 2.05) is 0 Å². The van der Waals surface area contributed by atoms with E-state index in [1.54, 1.807) is 0 Å². The third kappa shape index (κ3) is 1.18. The van der Waals surface area contributed by atoms with Crippen LogP contribution >= 0.6 is 0 Å². The third-order valence-electron chi connectivity index (χ3n) is 1.00. The second kappa shape index (κ2) is 2.48. The summed E-state index contributed by atoms with van der Waals surface area (Å²) in [5.74, 6) is -11.1. The lowest BCUT2D eigenvalue weighted by Crippen LogP contribution is -2.08. The Hall–Kier alpha value is -1.13. The number of carbonyl (C=O) groups is 1. The molecule has 0 unspecified atom stereocenters. The van der Waals surface area contributed by atoms with Crippen molar-refractivity contribution in [1.82, 2.24) is 0 Å². The van der Waals surface area contributed by atoms with Crippen LogP contribution in [0.3, 0.4) is 0 Å². The van der Waals surface area contributed by atoms with Crippen LogP contribution in [0.5, 0.6) is 0 Å². The first-order valence-corrected chi connectivity index (χ1v) is 2.46. The number of allylic oxidation sites excluding steroid dienone is 4. The Morgan fingerprint density at radius 3 is 1.82 bits per heavy atom. The number of carbonyl (C=O) groups excluding carboxylic acids is 1. The zero-order valence-corrected chi connectivity index (χ0v) is 4.92. The van der Waals surface area contributed by atoms with Crippen molar-refractivity contribution in [1.29, 1.82) is 0 Å². The summed E-state index contributed by atoms with van der Waals surface area (Å²) in [6.45, 7) is 0. The standard InChI is InChI=1S/C6H2F4O/c7-2-1-3(8)5(10)6(11)4(2)9/h1H2/i1D2. The molecule has 1 rings (SSSR count). The minimum atomic E-state index is -3.53. The summed E-state index contributed by atoms with van der Waals surface area (Å²) in [4.78, 5) is 10.3. The van der Waals surface area contributed by atoms with E-state index in [0.29, 0.717) is 0 Å². The normalized spacial score (nSPS) is 27.1. The highest BCUT2D eigenvalue weighted by molar-refractivity contribution is 6.06. The molecule has 0 aromatic carbocycles. The molecule has 0 bridgehead atoms. The minimum absolute atomic E-state index is 2.11. The molecular formula is C6H2F4O. The molecule has 0 amide bonds. The Morgan fingerprint density at radius 2 is 1.45 bits per heavy atom. The summed E-state index contributed by atoms with van der Waals surface area (Å²) in [5.41, 5.74) is 0. The molecule has 0 aromatic rings. The van der Waals surface area contributed by atoms with Crippen LogP contribution in [0.15, 0.2) is 23.3 Å². The molecule has 0 heterocycles. The topological polar surface area (TPSA) is 17.1 Å². The Bertz CT molecular complexity index is 315. The van der Waals surface area contributed by atoms with Crippen LogP contribution in [0.4, 0.5) is 17.6 Å².